The lowest BCUT2D eigenvalue weighted by atomic mass is 10.0. The molecule has 1 aromatic carbocycles. The summed E-state index contributed by atoms with van der Waals surface area (Å²) in [7, 11) is 0. The van der Waals surface area contributed by atoms with Gasteiger partial charge >= 0.3 is 0 Å². The second-order valence-electron chi connectivity index (χ2n) is 3.54. The summed E-state index contributed by atoms with van der Waals surface area (Å²) in [6.07, 6.45) is 2.63. The number of nitrogens with zero attached hydrogens (tertiary/aromatic N) is 2. The molecule has 78 valence electrons. The van der Waals surface area contributed by atoms with Gasteiger partial charge in [-0.15, -0.1) is 0 Å². The van der Waals surface area contributed by atoms with Gasteiger partial charge in [-0.25, -0.2) is 0 Å². The van der Waals surface area contributed by atoms with Crippen LogP contribution in [0.3, 0.4) is 0 Å². The van der Waals surface area contributed by atoms with Crippen LogP contribution in [0.4, 0.5) is 0 Å². The monoisotopic (exact) mass is 203 g/mol. The van der Waals surface area contributed by atoms with Crippen LogP contribution in [0.2, 0.25) is 0 Å². The van der Waals surface area contributed by atoms with Crippen molar-refractivity contribution in [1.82, 2.24) is 0 Å². The summed E-state index contributed by atoms with van der Waals surface area (Å²) in [6.45, 7) is 0. The van der Waals surface area contributed by atoms with Crippen LogP contribution < -0.4 is 5.84 Å². The summed E-state index contributed by atoms with van der Waals surface area (Å²) >= 11 is 0. The van der Waals surface area contributed by atoms with Crippen molar-refractivity contribution < 1.29 is 5.21 Å². The average Bonchev–Trinajstić information content (AvgIpc) is 2.47. The van der Waals surface area contributed by atoms with Crippen LogP contribution in [-0.4, -0.2) is 16.6 Å². The van der Waals surface area contributed by atoms with E-state index in [1.807, 2.05) is 18.2 Å². The smallest absolute Gasteiger partial charge is 0.115 e. The van der Waals surface area contributed by atoms with Crippen molar-refractivity contribution in [2.24, 2.45) is 16.1 Å². The quantitative estimate of drug-likeness (QED) is 0.290. The number of benzene rings is 1. The molecule has 1 aliphatic rings. The van der Waals surface area contributed by atoms with E-state index in [2.05, 4.69) is 16.3 Å². The maximum Gasteiger partial charge on any atom is 0.115 e. The topological polar surface area (TPSA) is 71.0 Å². The molecule has 0 aromatic heterocycles. The van der Waals surface area contributed by atoms with Gasteiger partial charge in [-0.1, -0.05) is 29.4 Å². The van der Waals surface area contributed by atoms with Gasteiger partial charge in [0.25, 0.3) is 0 Å². The Balaban J connectivity index is 2.56. The van der Waals surface area contributed by atoms with Crippen LogP contribution >= 0.6 is 0 Å². The Kier molecular flexibility index (Phi) is 2.67. The fraction of sp³-hybridized carbons (Fsp3) is 0.273. The fourth-order valence-electron chi connectivity index (χ4n) is 1.93. The van der Waals surface area contributed by atoms with Gasteiger partial charge in [0, 0.05) is 5.56 Å². The third-order valence-corrected chi connectivity index (χ3v) is 2.66. The first-order valence-electron chi connectivity index (χ1n) is 4.94. The molecular formula is C11H13N3O. The molecule has 0 saturated heterocycles. The highest BCUT2D eigenvalue weighted by Crippen LogP contribution is 2.19. The van der Waals surface area contributed by atoms with Gasteiger partial charge in [-0.05, 0) is 24.8 Å². The molecule has 3 N–H and O–H groups in total. The van der Waals surface area contributed by atoms with Gasteiger partial charge < -0.3 is 11.0 Å². The number of oxime groups is 1. The molecule has 0 spiro atoms. The van der Waals surface area contributed by atoms with Gasteiger partial charge in [0.2, 0.25) is 0 Å². The summed E-state index contributed by atoms with van der Waals surface area (Å²) in [6, 6.07) is 7.94. The molecule has 0 bridgehead atoms. The average molecular weight is 203 g/mol. The van der Waals surface area contributed by atoms with E-state index in [0.717, 1.165) is 18.4 Å². The standard InChI is InChI=1S/C11H13N3O/c12-13-11-9-6-2-1-4-8(9)5-3-7-10(11)14-15/h1-2,4,6,15H,3,5,7,12H2/b13-11-,14-10+. The second-order valence-corrected chi connectivity index (χ2v) is 3.54. The van der Waals surface area contributed by atoms with Crippen molar-refractivity contribution in [1.29, 1.82) is 0 Å². The highest BCUT2D eigenvalue weighted by Gasteiger charge is 2.19. The van der Waals surface area contributed by atoms with Crippen molar-refractivity contribution in [2.75, 3.05) is 0 Å². The molecule has 0 heterocycles. The summed E-state index contributed by atoms with van der Waals surface area (Å²) in [5.41, 5.74) is 3.36. The van der Waals surface area contributed by atoms with Gasteiger partial charge in [-0.3, -0.25) is 0 Å². The Morgan fingerprint density at radius 3 is 2.73 bits per heavy atom. The van der Waals surface area contributed by atoms with Crippen LogP contribution in [0, 0.1) is 0 Å². The molecule has 1 aromatic rings. The molecule has 1 aliphatic carbocycles. The number of rotatable bonds is 0. The molecule has 0 saturated carbocycles. The zero-order valence-electron chi connectivity index (χ0n) is 8.35. The molecular weight excluding hydrogens is 190 g/mol. The Morgan fingerprint density at radius 1 is 1.20 bits per heavy atom. The minimum absolute atomic E-state index is 0.572. The number of fused-ring (bicyclic) bond motifs is 1. The van der Waals surface area contributed by atoms with Crippen LogP contribution in [-0.2, 0) is 6.42 Å². The molecule has 4 heteroatoms. The van der Waals surface area contributed by atoms with Crippen molar-refractivity contribution in [3.63, 3.8) is 0 Å². The molecule has 0 unspecified atom stereocenters. The van der Waals surface area contributed by atoms with E-state index in [-0.39, 0.29) is 0 Å². The first kappa shape index (κ1) is 9.71. The second kappa shape index (κ2) is 4.13. The first-order valence-corrected chi connectivity index (χ1v) is 4.94. The van der Waals surface area contributed by atoms with Gasteiger partial charge in [0.1, 0.15) is 11.4 Å². The van der Waals surface area contributed by atoms with Crippen molar-refractivity contribution >= 4 is 11.4 Å². The summed E-state index contributed by atoms with van der Waals surface area (Å²) in [5.74, 6) is 5.35. The molecule has 0 amide bonds. The third-order valence-electron chi connectivity index (χ3n) is 2.66. The van der Waals surface area contributed by atoms with Crippen LogP contribution in [0.25, 0.3) is 0 Å². The molecule has 4 nitrogen and oxygen atoms in total. The number of hydrazone groups is 1. The van der Waals surface area contributed by atoms with Crippen molar-refractivity contribution in [3.8, 4) is 0 Å². The zero-order valence-corrected chi connectivity index (χ0v) is 8.35. The number of hydrogen-bond donors (Lipinski definition) is 2. The largest absolute Gasteiger partial charge is 0.411 e. The normalized spacial score (nSPS) is 21.3. The first-order chi connectivity index (χ1) is 7.36. The molecule has 0 atom stereocenters. The minimum Gasteiger partial charge on any atom is -0.411 e. The van der Waals surface area contributed by atoms with Crippen molar-refractivity contribution in [2.45, 2.75) is 19.3 Å². The lowest BCUT2D eigenvalue weighted by Gasteiger charge is -2.06. The third kappa shape index (κ3) is 1.70. The predicted molar refractivity (Wildman–Crippen MR) is 59.3 cm³/mol. The maximum atomic E-state index is 8.89. The predicted octanol–water partition coefficient (Wildman–Crippen LogP) is 1.52. The lowest BCUT2D eigenvalue weighted by molar-refractivity contribution is 0.318. The summed E-state index contributed by atoms with van der Waals surface area (Å²) in [5, 5.41) is 15.9. The van der Waals surface area contributed by atoms with E-state index in [1.54, 1.807) is 0 Å². The van der Waals surface area contributed by atoms with E-state index < -0.39 is 0 Å². The minimum atomic E-state index is 0.572. The molecule has 0 radical (unpaired) electrons. The van der Waals surface area contributed by atoms with E-state index >= 15 is 0 Å². The zero-order chi connectivity index (χ0) is 10.7. The van der Waals surface area contributed by atoms with Gasteiger partial charge in [0.15, 0.2) is 0 Å². The van der Waals surface area contributed by atoms with E-state index in [9.17, 15) is 0 Å². The van der Waals surface area contributed by atoms with E-state index in [4.69, 9.17) is 11.0 Å². The Morgan fingerprint density at radius 2 is 2.00 bits per heavy atom. The van der Waals surface area contributed by atoms with Crippen LogP contribution in [0.15, 0.2) is 34.5 Å². The highest BCUT2D eigenvalue weighted by molar-refractivity contribution is 6.48. The number of aryl methyl sites for hydroxylation is 1. The lowest BCUT2D eigenvalue weighted by Crippen LogP contribution is -2.16. The van der Waals surface area contributed by atoms with E-state index in [1.165, 1.54) is 5.56 Å². The number of hydrogen-bond acceptors (Lipinski definition) is 4. The van der Waals surface area contributed by atoms with E-state index in [0.29, 0.717) is 17.8 Å². The molecule has 0 fully saturated rings. The Hall–Kier alpha value is -1.84. The molecule has 2 rings (SSSR count). The maximum absolute atomic E-state index is 8.89. The SMILES string of the molecule is N/N=C1\C(=N\O)CCCc2ccccc21. The van der Waals surface area contributed by atoms with Crippen LogP contribution in [0.1, 0.15) is 24.0 Å². The van der Waals surface area contributed by atoms with Gasteiger partial charge in [0.05, 0.1) is 0 Å². The summed E-state index contributed by atoms with van der Waals surface area (Å²) < 4.78 is 0. The highest BCUT2D eigenvalue weighted by atomic mass is 16.4. The van der Waals surface area contributed by atoms with Gasteiger partial charge in [-0.2, -0.15) is 5.10 Å². The Labute approximate surface area is 88.1 Å². The molecule has 15 heavy (non-hydrogen) atoms. The van der Waals surface area contributed by atoms with Crippen LogP contribution in [0.5, 0.6) is 0 Å². The summed E-state index contributed by atoms with van der Waals surface area (Å²) in [4.78, 5) is 0. The van der Waals surface area contributed by atoms with Crippen molar-refractivity contribution in [3.05, 3.63) is 35.4 Å². The fourth-order valence-corrected chi connectivity index (χ4v) is 1.93. The number of nitrogens with two attached hydrogens (primary N) is 1. The Bertz CT molecular complexity index is 424. The molecule has 0 aliphatic heterocycles.